The van der Waals surface area contributed by atoms with Gasteiger partial charge in [-0.25, -0.2) is 15.3 Å². The van der Waals surface area contributed by atoms with Gasteiger partial charge < -0.3 is 19.9 Å². The predicted molar refractivity (Wildman–Crippen MR) is 139 cm³/mol. The molecule has 0 aliphatic carbocycles. The van der Waals surface area contributed by atoms with E-state index < -0.39 is 0 Å². The fraction of sp³-hybridized carbons (Fsp3) is 0.481. The summed E-state index contributed by atoms with van der Waals surface area (Å²) in [6.45, 7) is 10.3. The number of hydrogen-bond donors (Lipinski definition) is 3. The second kappa shape index (κ2) is 12.7. The Bertz CT molecular complexity index is 1050. The number of fused-ring (bicyclic) bond motifs is 1. The van der Waals surface area contributed by atoms with Gasteiger partial charge in [-0.1, -0.05) is 24.8 Å². The molecule has 2 saturated heterocycles. The lowest BCUT2D eigenvalue weighted by molar-refractivity contribution is -0.198. The van der Waals surface area contributed by atoms with Crippen molar-refractivity contribution in [3.05, 3.63) is 60.1 Å². The number of nitrogens with one attached hydrogen (secondary N) is 3. The Morgan fingerprint density at radius 1 is 1.29 bits per heavy atom. The minimum atomic E-state index is -0.379. The molecule has 8 heteroatoms. The number of nitrogens with zero attached hydrogens (tertiary/aromatic N) is 2. The van der Waals surface area contributed by atoms with Crippen LogP contribution in [0.15, 0.2) is 59.5 Å². The van der Waals surface area contributed by atoms with Crippen LogP contribution in [0.1, 0.15) is 44.6 Å². The maximum absolute atomic E-state index is 12.4. The largest absolute Gasteiger partial charge is 0.361 e. The number of piperidine rings is 1. The number of carbonyl (C=O) groups is 1. The van der Waals surface area contributed by atoms with Gasteiger partial charge in [-0.15, -0.1) is 0 Å². The highest BCUT2D eigenvalue weighted by atomic mass is 16.8. The highest BCUT2D eigenvalue weighted by Gasteiger charge is 2.20. The van der Waals surface area contributed by atoms with E-state index in [4.69, 9.17) is 9.57 Å². The molecule has 2 aliphatic rings. The highest BCUT2D eigenvalue weighted by molar-refractivity contribution is 6.11. The van der Waals surface area contributed by atoms with Crippen LogP contribution >= 0.6 is 0 Å². The van der Waals surface area contributed by atoms with Crippen molar-refractivity contribution in [1.82, 2.24) is 20.7 Å². The SMILES string of the molecule is C=C(/N=C\C(=C/C)C(=O)NOC1CCCCO1)N1CCC(CNCc2cccc3[nH]ccc23)CC1. The maximum atomic E-state index is 12.4. The molecule has 2 aliphatic heterocycles. The lowest BCUT2D eigenvalue weighted by atomic mass is 9.96. The van der Waals surface area contributed by atoms with Gasteiger partial charge in [0, 0.05) is 56.0 Å². The van der Waals surface area contributed by atoms with E-state index in [9.17, 15) is 4.79 Å². The Morgan fingerprint density at radius 3 is 2.91 bits per heavy atom. The van der Waals surface area contributed by atoms with E-state index in [1.165, 1.54) is 16.5 Å². The van der Waals surface area contributed by atoms with Crippen molar-refractivity contribution >= 4 is 23.0 Å². The molecule has 1 unspecified atom stereocenters. The third-order valence-corrected chi connectivity index (χ3v) is 6.76. The summed E-state index contributed by atoms with van der Waals surface area (Å²) in [5.74, 6) is 0.974. The fourth-order valence-electron chi connectivity index (χ4n) is 4.58. The average Bonchev–Trinajstić information content (AvgIpc) is 3.38. The summed E-state index contributed by atoms with van der Waals surface area (Å²) in [7, 11) is 0. The lowest BCUT2D eigenvalue weighted by Crippen LogP contribution is -2.36. The Kier molecular flexibility index (Phi) is 9.11. The fourth-order valence-corrected chi connectivity index (χ4v) is 4.58. The molecule has 1 atom stereocenters. The quantitative estimate of drug-likeness (QED) is 0.272. The number of allylic oxidation sites excluding steroid dienone is 1. The minimum Gasteiger partial charge on any atom is -0.361 e. The molecule has 4 rings (SSSR count). The van der Waals surface area contributed by atoms with Crippen molar-refractivity contribution in [2.45, 2.75) is 51.9 Å². The third-order valence-electron chi connectivity index (χ3n) is 6.76. The third kappa shape index (κ3) is 7.04. The van der Waals surface area contributed by atoms with Crippen molar-refractivity contribution in [2.24, 2.45) is 10.9 Å². The van der Waals surface area contributed by atoms with E-state index in [0.29, 0.717) is 23.9 Å². The van der Waals surface area contributed by atoms with Crippen LogP contribution in [0.25, 0.3) is 10.9 Å². The summed E-state index contributed by atoms with van der Waals surface area (Å²) in [5.41, 5.74) is 5.41. The zero-order chi connectivity index (χ0) is 24.5. The molecule has 0 bridgehead atoms. The smallest absolute Gasteiger partial charge is 0.276 e. The number of likely N-dealkylation sites (tertiary alicyclic amines) is 1. The Balaban J connectivity index is 1.16. The predicted octanol–water partition coefficient (Wildman–Crippen LogP) is 4.03. The molecule has 0 spiro atoms. The van der Waals surface area contributed by atoms with Gasteiger partial charge in [-0.2, -0.15) is 0 Å². The van der Waals surface area contributed by atoms with Gasteiger partial charge in [0.1, 0.15) is 5.82 Å². The molecule has 188 valence electrons. The molecule has 3 heterocycles. The van der Waals surface area contributed by atoms with Crippen molar-refractivity contribution in [3.63, 3.8) is 0 Å². The van der Waals surface area contributed by atoms with Crippen molar-refractivity contribution in [2.75, 3.05) is 26.2 Å². The normalized spacial score (nSPS) is 20.0. The first kappa shape index (κ1) is 25.2. The van der Waals surface area contributed by atoms with Crippen LogP contribution in [0.3, 0.4) is 0 Å². The van der Waals surface area contributed by atoms with Gasteiger partial charge in [0.05, 0.1) is 5.57 Å². The van der Waals surface area contributed by atoms with E-state index in [1.807, 2.05) is 6.20 Å². The van der Waals surface area contributed by atoms with Gasteiger partial charge in [0.2, 0.25) is 0 Å². The number of aromatic amines is 1. The van der Waals surface area contributed by atoms with Crippen LogP contribution in [-0.4, -0.2) is 54.5 Å². The molecule has 8 nitrogen and oxygen atoms in total. The molecule has 2 aromatic rings. The number of aliphatic imine (C=N–C) groups is 1. The highest BCUT2D eigenvalue weighted by Crippen LogP contribution is 2.21. The first-order chi connectivity index (χ1) is 17.1. The van der Waals surface area contributed by atoms with Gasteiger partial charge in [0.15, 0.2) is 6.29 Å². The molecular weight excluding hydrogens is 442 g/mol. The molecular formula is C27H37N5O3. The molecule has 3 N–H and O–H groups in total. The van der Waals surface area contributed by atoms with Crippen LogP contribution in [0.2, 0.25) is 0 Å². The molecule has 35 heavy (non-hydrogen) atoms. The Morgan fingerprint density at radius 2 is 2.14 bits per heavy atom. The first-order valence-corrected chi connectivity index (χ1v) is 12.6. The summed E-state index contributed by atoms with van der Waals surface area (Å²) < 4.78 is 5.47. The summed E-state index contributed by atoms with van der Waals surface area (Å²) >= 11 is 0. The summed E-state index contributed by atoms with van der Waals surface area (Å²) in [5, 5.41) is 4.92. The van der Waals surface area contributed by atoms with E-state index in [1.54, 1.807) is 19.2 Å². The molecule has 1 aromatic heterocycles. The van der Waals surface area contributed by atoms with Gasteiger partial charge in [-0.3, -0.25) is 4.79 Å². The van der Waals surface area contributed by atoms with Crippen molar-refractivity contribution in [1.29, 1.82) is 0 Å². The van der Waals surface area contributed by atoms with Crippen LogP contribution in [0.5, 0.6) is 0 Å². The summed E-state index contributed by atoms with van der Waals surface area (Å²) in [6, 6.07) is 8.53. The zero-order valence-electron chi connectivity index (χ0n) is 20.6. The number of hydroxylamine groups is 1. The molecule has 0 radical (unpaired) electrons. The topological polar surface area (TPSA) is 91.0 Å². The van der Waals surface area contributed by atoms with E-state index in [0.717, 1.165) is 58.3 Å². The number of aromatic nitrogens is 1. The molecule has 0 saturated carbocycles. The number of benzene rings is 1. The van der Waals surface area contributed by atoms with Gasteiger partial charge in [-0.05, 0) is 62.8 Å². The van der Waals surface area contributed by atoms with Crippen molar-refractivity contribution < 1.29 is 14.4 Å². The average molecular weight is 480 g/mol. The second-order valence-corrected chi connectivity index (χ2v) is 9.18. The number of H-pyrrole nitrogens is 1. The maximum Gasteiger partial charge on any atom is 0.276 e. The minimum absolute atomic E-state index is 0.335. The van der Waals surface area contributed by atoms with Crippen LogP contribution in [0.4, 0.5) is 0 Å². The van der Waals surface area contributed by atoms with Crippen LogP contribution in [0, 0.1) is 5.92 Å². The van der Waals surface area contributed by atoms with Crippen molar-refractivity contribution in [3.8, 4) is 0 Å². The van der Waals surface area contributed by atoms with Crippen LogP contribution in [-0.2, 0) is 20.9 Å². The second-order valence-electron chi connectivity index (χ2n) is 9.18. The summed E-state index contributed by atoms with van der Waals surface area (Å²) in [6.07, 6.45) is 9.90. The monoisotopic (exact) mass is 479 g/mol. The van der Waals surface area contributed by atoms with Gasteiger partial charge in [0.25, 0.3) is 5.91 Å². The first-order valence-electron chi connectivity index (χ1n) is 12.6. The molecule has 1 amide bonds. The summed E-state index contributed by atoms with van der Waals surface area (Å²) in [4.78, 5) is 27.7. The number of hydrogen-bond acceptors (Lipinski definition) is 6. The van der Waals surface area contributed by atoms with E-state index in [-0.39, 0.29) is 12.2 Å². The van der Waals surface area contributed by atoms with Crippen LogP contribution < -0.4 is 10.8 Å². The molecule has 2 fully saturated rings. The van der Waals surface area contributed by atoms with E-state index in [2.05, 4.69) is 56.5 Å². The lowest BCUT2D eigenvalue weighted by Gasteiger charge is -2.33. The number of amides is 1. The Labute approximate surface area is 207 Å². The van der Waals surface area contributed by atoms with E-state index >= 15 is 0 Å². The number of ether oxygens (including phenoxy) is 1. The number of carbonyl (C=O) groups excluding carboxylic acids is 1. The van der Waals surface area contributed by atoms with Gasteiger partial charge >= 0.3 is 0 Å². The standard InChI is InChI=1S/C27H37N5O3/c1-3-22(27(33)31-35-26-9-4-5-16-34-26)19-30-20(2)32-14-11-21(12-15-32)17-28-18-23-7-6-8-25-24(23)10-13-29-25/h3,6-8,10,13,19,21,26,28-29H,2,4-5,9,11-12,14-18H2,1H3,(H,31,33)/b22-3+,30-19-. The number of rotatable bonds is 10. The zero-order valence-corrected chi connectivity index (χ0v) is 20.6. The Hall–Kier alpha value is -2.94. The molecule has 1 aromatic carbocycles.